The van der Waals surface area contributed by atoms with Crippen LogP contribution in [0.4, 0.5) is 0 Å². The SMILES string of the molecule is CC/C=C\C/C=C\C/C=C\C/C=C\C/C=C\C/C=C\C/C=C\CCCCCCCCCCCCCC(=O)OCC(COC(=O)CCCCCCCCC)OC(=O)CCCCCCCCCCCC/C=C\C/C=C\C/C=C\C/C=C\CC. The maximum Gasteiger partial charge on any atom is 0.306 e. The summed E-state index contributed by atoms with van der Waals surface area (Å²) in [6.45, 7) is 6.38. The van der Waals surface area contributed by atoms with Gasteiger partial charge in [0.05, 0.1) is 0 Å². The smallest absolute Gasteiger partial charge is 0.306 e. The second-order valence-corrected chi connectivity index (χ2v) is 22.0. The van der Waals surface area contributed by atoms with Gasteiger partial charge in [0.1, 0.15) is 13.2 Å². The molecule has 0 N–H and O–H groups in total. The molecule has 460 valence electrons. The molecule has 0 aromatic heterocycles. The van der Waals surface area contributed by atoms with Gasteiger partial charge in [-0.3, -0.25) is 14.4 Å². The van der Waals surface area contributed by atoms with Crippen molar-refractivity contribution in [1.82, 2.24) is 0 Å². The fourth-order valence-electron chi connectivity index (χ4n) is 9.18. The second kappa shape index (κ2) is 68.1. The van der Waals surface area contributed by atoms with Crippen molar-refractivity contribution in [1.29, 1.82) is 0 Å². The van der Waals surface area contributed by atoms with E-state index in [9.17, 15) is 14.4 Å². The quantitative estimate of drug-likeness (QED) is 0.0261. The third kappa shape index (κ3) is 66.2. The van der Waals surface area contributed by atoms with E-state index in [0.29, 0.717) is 19.3 Å². The van der Waals surface area contributed by atoms with E-state index in [1.54, 1.807) is 0 Å². The molecule has 0 rings (SSSR count). The average Bonchev–Trinajstić information content (AvgIpc) is 3.47. The highest BCUT2D eigenvalue weighted by Crippen LogP contribution is 2.16. The van der Waals surface area contributed by atoms with Crippen molar-refractivity contribution >= 4 is 17.9 Å². The number of carbonyl (C=O) groups excluding carboxylic acids is 3. The van der Waals surface area contributed by atoms with Crippen LogP contribution in [-0.4, -0.2) is 37.2 Å². The lowest BCUT2D eigenvalue weighted by Crippen LogP contribution is -2.30. The molecule has 0 aliphatic rings. The first-order valence-electron chi connectivity index (χ1n) is 33.7. The highest BCUT2D eigenvalue weighted by molar-refractivity contribution is 5.71. The lowest BCUT2D eigenvalue weighted by atomic mass is 10.0. The fourth-order valence-corrected chi connectivity index (χ4v) is 9.18. The molecule has 0 bridgehead atoms. The van der Waals surface area contributed by atoms with Gasteiger partial charge in [0, 0.05) is 19.3 Å². The Hall–Kier alpha value is -4.45. The number of hydrogen-bond acceptors (Lipinski definition) is 6. The second-order valence-electron chi connectivity index (χ2n) is 22.0. The first kappa shape index (κ1) is 76.5. The molecular formula is C75H124O6. The van der Waals surface area contributed by atoms with Crippen LogP contribution in [0.25, 0.3) is 0 Å². The van der Waals surface area contributed by atoms with Crippen molar-refractivity contribution in [3.63, 3.8) is 0 Å². The van der Waals surface area contributed by atoms with Crippen molar-refractivity contribution in [2.75, 3.05) is 13.2 Å². The van der Waals surface area contributed by atoms with Crippen LogP contribution in [0, 0.1) is 0 Å². The predicted octanol–water partition coefficient (Wildman–Crippen LogP) is 23.3. The van der Waals surface area contributed by atoms with Gasteiger partial charge in [-0.2, -0.15) is 0 Å². The molecule has 81 heavy (non-hydrogen) atoms. The molecule has 6 heteroatoms. The highest BCUT2D eigenvalue weighted by atomic mass is 16.6. The molecule has 0 spiro atoms. The molecular weight excluding hydrogens is 997 g/mol. The van der Waals surface area contributed by atoms with Crippen molar-refractivity contribution < 1.29 is 28.6 Å². The summed E-state index contributed by atoms with van der Waals surface area (Å²) in [6.07, 6.45) is 96.3. The summed E-state index contributed by atoms with van der Waals surface area (Å²) in [5.74, 6) is -0.890. The van der Waals surface area contributed by atoms with E-state index >= 15 is 0 Å². The minimum Gasteiger partial charge on any atom is -0.462 e. The number of ether oxygens (including phenoxy) is 3. The molecule has 1 atom stereocenters. The molecule has 1 unspecified atom stereocenters. The third-order valence-corrected chi connectivity index (χ3v) is 14.2. The topological polar surface area (TPSA) is 78.9 Å². The molecule has 0 heterocycles. The monoisotopic (exact) mass is 1120 g/mol. The van der Waals surface area contributed by atoms with Gasteiger partial charge >= 0.3 is 17.9 Å². The van der Waals surface area contributed by atoms with Crippen LogP contribution in [0.15, 0.2) is 134 Å². The van der Waals surface area contributed by atoms with Crippen molar-refractivity contribution in [3.05, 3.63) is 134 Å². The van der Waals surface area contributed by atoms with Crippen LogP contribution in [0.1, 0.15) is 303 Å². The van der Waals surface area contributed by atoms with Gasteiger partial charge in [0.25, 0.3) is 0 Å². The van der Waals surface area contributed by atoms with Gasteiger partial charge < -0.3 is 14.2 Å². The molecule has 0 aromatic rings. The number of esters is 3. The van der Waals surface area contributed by atoms with Crippen molar-refractivity contribution in [2.45, 2.75) is 309 Å². The Balaban J connectivity index is 4.12. The number of allylic oxidation sites excluding steroid dienone is 22. The zero-order chi connectivity index (χ0) is 58.5. The minimum atomic E-state index is -0.783. The van der Waals surface area contributed by atoms with Crippen LogP contribution in [0.5, 0.6) is 0 Å². The third-order valence-electron chi connectivity index (χ3n) is 14.2. The van der Waals surface area contributed by atoms with E-state index in [2.05, 4.69) is 154 Å². The van der Waals surface area contributed by atoms with Gasteiger partial charge in [0.15, 0.2) is 6.10 Å². The standard InChI is InChI=1S/C75H124O6/c1-4-7-10-13-16-18-20-22-24-26-28-30-32-33-34-35-36-37-38-39-40-41-43-44-46-48-50-52-54-56-59-62-65-68-74(77)80-71-72(70-79-73(76)67-64-61-58-15-12-9-6-3)81-75(78)69-66-63-60-57-55-53-51-49-47-45-42-31-29-27-25-23-21-19-17-14-11-8-5-2/h7-8,10-11,16-19,22-25,28-31,33-34,36-37,39-40,72H,4-6,9,12-15,20-21,26-27,32,35,38,41-71H2,1-3H3/b10-7-,11-8-,18-16-,19-17-,24-22-,25-23-,30-28-,31-29-,34-33-,37-36-,40-39-. The van der Waals surface area contributed by atoms with Crippen molar-refractivity contribution in [2.24, 2.45) is 0 Å². The van der Waals surface area contributed by atoms with Crippen molar-refractivity contribution in [3.8, 4) is 0 Å². The zero-order valence-electron chi connectivity index (χ0n) is 52.8. The Bertz CT molecular complexity index is 1720. The number of unbranched alkanes of at least 4 members (excludes halogenated alkanes) is 27. The maximum absolute atomic E-state index is 12.9. The van der Waals surface area contributed by atoms with Crippen LogP contribution in [0.3, 0.4) is 0 Å². The van der Waals surface area contributed by atoms with E-state index < -0.39 is 6.10 Å². The van der Waals surface area contributed by atoms with Crippen LogP contribution in [0.2, 0.25) is 0 Å². The zero-order valence-corrected chi connectivity index (χ0v) is 52.8. The van der Waals surface area contributed by atoms with E-state index in [1.807, 2.05) is 0 Å². The maximum atomic E-state index is 12.9. The normalized spacial score (nSPS) is 13.0. The van der Waals surface area contributed by atoms with E-state index in [0.717, 1.165) is 128 Å². The van der Waals surface area contributed by atoms with Gasteiger partial charge in [-0.15, -0.1) is 0 Å². The molecule has 0 amide bonds. The van der Waals surface area contributed by atoms with Crippen LogP contribution >= 0.6 is 0 Å². The Morgan fingerprint density at radius 3 is 0.753 bits per heavy atom. The van der Waals surface area contributed by atoms with E-state index in [-0.39, 0.29) is 31.1 Å². The molecule has 0 saturated heterocycles. The fraction of sp³-hybridized carbons (Fsp3) is 0.667. The lowest BCUT2D eigenvalue weighted by molar-refractivity contribution is -0.167. The number of rotatable bonds is 60. The molecule has 6 nitrogen and oxygen atoms in total. The molecule has 0 aromatic carbocycles. The summed E-state index contributed by atoms with van der Waals surface area (Å²) in [4.78, 5) is 38.1. The van der Waals surface area contributed by atoms with Gasteiger partial charge in [-0.1, -0.05) is 302 Å². The number of hydrogen-bond donors (Lipinski definition) is 0. The summed E-state index contributed by atoms with van der Waals surface area (Å²) in [5, 5.41) is 0. The Morgan fingerprint density at radius 2 is 0.481 bits per heavy atom. The van der Waals surface area contributed by atoms with Gasteiger partial charge in [-0.05, 0) is 116 Å². The predicted molar refractivity (Wildman–Crippen MR) is 353 cm³/mol. The summed E-state index contributed by atoms with van der Waals surface area (Å²) in [5.41, 5.74) is 0. The highest BCUT2D eigenvalue weighted by Gasteiger charge is 2.19. The summed E-state index contributed by atoms with van der Waals surface area (Å²) >= 11 is 0. The number of carbonyl (C=O) groups is 3. The van der Waals surface area contributed by atoms with E-state index in [1.165, 1.54) is 135 Å². The van der Waals surface area contributed by atoms with Crippen LogP contribution < -0.4 is 0 Å². The summed E-state index contributed by atoms with van der Waals surface area (Å²) in [7, 11) is 0. The lowest BCUT2D eigenvalue weighted by Gasteiger charge is -2.18. The summed E-state index contributed by atoms with van der Waals surface area (Å²) < 4.78 is 16.9. The Labute approximate surface area is 500 Å². The first-order valence-corrected chi connectivity index (χ1v) is 33.7. The van der Waals surface area contributed by atoms with Gasteiger partial charge in [0.2, 0.25) is 0 Å². The average molecular weight is 1120 g/mol. The van der Waals surface area contributed by atoms with Gasteiger partial charge in [-0.25, -0.2) is 0 Å². The Morgan fingerprint density at radius 1 is 0.259 bits per heavy atom. The minimum absolute atomic E-state index is 0.0809. The first-order chi connectivity index (χ1) is 40.0. The molecule has 0 saturated carbocycles. The Kier molecular flexibility index (Phi) is 64.3. The van der Waals surface area contributed by atoms with Crippen LogP contribution in [-0.2, 0) is 28.6 Å². The largest absolute Gasteiger partial charge is 0.462 e. The molecule has 0 aliphatic carbocycles. The molecule has 0 aliphatic heterocycles. The summed E-state index contributed by atoms with van der Waals surface area (Å²) in [6, 6.07) is 0. The molecule has 0 radical (unpaired) electrons. The molecule has 0 fully saturated rings. The van der Waals surface area contributed by atoms with E-state index in [4.69, 9.17) is 14.2 Å².